The van der Waals surface area contributed by atoms with Crippen molar-refractivity contribution in [1.82, 2.24) is 36.2 Å². The van der Waals surface area contributed by atoms with Crippen LogP contribution in [0.25, 0.3) is 0 Å². The molecule has 2 aromatic heterocycles. The highest BCUT2D eigenvalue weighted by molar-refractivity contribution is 6.39. The summed E-state index contributed by atoms with van der Waals surface area (Å²) in [6, 6.07) is 0.699. The summed E-state index contributed by atoms with van der Waals surface area (Å²) in [6.45, 7) is 19.4. The maximum atomic E-state index is 12.6. The lowest BCUT2D eigenvalue weighted by molar-refractivity contribution is -0.139. The third-order valence-electron chi connectivity index (χ3n) is 7.87. The minimum Gasteiger partial charge on any atom is -0.473 e. The Balaban J connectivity index is 0.000000516. The molecule has 1 aliphatic heterocycles. The van der Waals surface area contributed by atoms with E-state index in [9.17, 15) is 28.8 Å². The molecule has 2 aromatic rings. The molecule has 3 amide bonds. The lowest BCUT2D eigenvalue weighted by Crippen LogP contribution is -2.55. The molecule has 3 rings (SSSR count). The zero-order chi connectivity index (χ0) is 40.3. The molecule has 294 valence electrons. The lowest BCUT2D eigenvalue weighted by atomic mass is 9.87. The second kappa shape index (κ2) is 23.4. The molecule has 5 atom stereocenters. The summed E-state index contributed by atoms with van der Waals surface area (Å²) in [5, 5.41) is 11.7. The molecule has 0 aromatic carbocycles. The molecular weight excluding hydrogens is 702 g/mol. The molecule has 0 spiro atoms. The summed E-state index contributed by atoms with van der Waals surface area (Å²) in [7, 11) is 0. The lowest BCUT2D eigenvalue weighted by Gasteiger charge is -2.29. The standard InChI is InChI=1S/C20H28ClN3O4.C16H24N4O3.C2H6/c1-4-5-15(19(26)17(25)8-12(2)3)24-20(27)16-9-14(11-22-16)28-18-7-6-13(21)10-23-18;1-10(2)13(15(23)19-12(9-21)16(3,4)5)20-14(22)11-8-17-6-7-18-11;1-2/h6-7,10,12,14-16,22H,4-5,8-9,11H2,1-3H3,(H,24,27);6-10,12-13H,1-5H3,(H,19,23)(H,20,22);1-2H3/t14-,15+,16+;12?,13-;/m10./s1. The highest BCUT2D eigenvalue weighted by Gasteiger charge is 2.34. The van der Waals surface area contributed by atoms with E-state index in [2.05, 4.69) is 36.2 Å². The largest absolute Gasteiger partial charge is 0.473 e. The normalized spacial score (nSPS) is 16.8. The predicted molar refractivity (Wildman–Crippen MR) is 203 cm³/mol. The van der Waals surface area contributed by atoms with Gasteiger partial charge in [-0.3, -0.25) is 29.0 Å². The van der Waals surface area contributed by atoms with Crippen molar-refractivity contribution in [2.45, 2.75) is 125 Å². The van der Waals surface area contributed by atoms with Crippen LogP contribution < -0.4 is 26.0 Å². The van der Waals surface area contributed by atoms with E-state index in [1.54, 1.807) is 12.1 Å². The van der Waals surface area contributed by atoms with Gasteiger partial charge in [0.15, 0.2) is 0 Å². The monoisotopic (exact) mass is 759 g/mol. The van der Waals surface area contributed by atoms with E-state index in [1.165, 1.54) is 24.8 Å². The molecular formula is C38H58ClN7O7. The number of Topliss-reactive ketones (excluding diaryl/α,β-unsaturated/α-hetero) is 2. The molecule has 0 radical (unpaired) electrons. The third-order valence-corrected chi connectivity index (χ3v) is 8.10. The molecule has 4 N–H and O–H groups in total. The fourth-order valence-electron chi connectivity index (χ4n) is 4.96. The fraction of sp³-hybridized carbons (Fsp3) is 0.605. The highest BCUT2D eigenvalue weighted by Crippen LogP contribution is 2.19. The predicted octanol–water partition coefficient (Wildman–Crippen LogP) is 4.30. The number of hydrogen-bond donors (Lipinski definition) is 4. The van der Waals surface area contributed by atoms with Crippen LogP contribution >= 0.6 is 11.6 Å². The number of amides is 3. The zero-order valence-electron chi connectivity index (χ0n) is 32.7. The van der Waals surface area contributed by atoms with Gasteiger partial charge in [-0.05, 0) is 29.7 Å². The van der Waals surface area contributed by atoms with Gasteiger partial charge in [0.25, 0.3) is 5.91 Å². The zero-order valence-corrected chi connectivity index (χ0v) is 33.5. The first-order valence-electron chi connectivity index (χ1n) is 18.2. The molecule has 1 aliphatic rings. The maximum absolute atomic E-state index is 12.6. The molecule has 1 fully saturated rings. The van der Waals surface area contributed by atoms with Crippen LogP contribution in [-0.2, 0) is 24.0 Å². The molecule has 0 aliphatic carbocycles. The van der Waals surface area contributed by atoms with Gasteiger partial charge in [-0.2, -0.15) is 0 Å². The van der Waals surface area contributed by atoms with Crippen LogP contribution in [0.2, 0.25) is 5.02 Å². The van der Waals surface area contributed by atoms with Gasteiger partial charge in [0.2, 0.25) is 29.3 Å². The third kappa shape index (κ3) is 16.5. The Morgan fingerprint density at radius 3 is 2.19 bits per heavy atom. The molecule has 1 saturated heterocycles. The number of aldehydes is 1. The van der Waals surface area contributed by atoms with E-state index >= 15 is 0 Å². The first-order valence-corrected chi connectivity index (χ1v) is 18.6. The van der Waals surface area contributed by atoms with Crippen molar-refractivity contribution in [2.24, 2.45) is 17.3 Å². The number of pyridine rings is 1. The Morgan fingerprint density at radius 2 is 1.68 bits per heavy atom. The number of ether oxygens (including phenoxy) is 1. The number of carbonyl (C=O) groups is 6. The van der Waals surface area contributed by atoms with Gasteiger partial charge in [-0.25, -0.2) is 9.97 Å². The van der Waals surface area contributed by atoms with Crippen molar-refractivity contribution in [2.75, 3.05) is 6.54 Å². The molecule has 14 nitrogen and oxygen atoms in total. The number of hydrogen-bond acceptors (Lipinski definition) is 11. The molecule has 0 bridgehead atoms. The first kappa shape index (κ1) is 46.7. The minimum absolute atomic E-state index is 0.102. The maximum Gasteiger partial charge on any atom is 0.272 e. The molecule has 3 heterocycles. The van der Waals surface area contributed by atoms with Crippen LogP contribution in [0.1, 0.15) is 105 Å². The number of ketones is 2. The number of rotatable bonds is 16. The SMILES string of the molecule is CC.CC(C)[C@H](NC(=O)c1cnccn1)C(=O)NC(C=O)C(C)(C)C.CCC[C@H](NC(=O)[C@@H]1C[C@@H](Oc2ccc(Cl)cn2)CN1)C(=O)C(=O)CC(C)C. The van der Waals surface area contributed by atoms with Gasteiger partial charge in [0, 0.05) is 44.0 Å². The van der Waals surface area contributed by atoms with Gasteiger partial charge in [0.05, 0.1) is 29.3 Å². The van der Waals surface area contributed by atoms with Crippen LogP contribution in [0, 0.1) is 17.3 Å². The second-order valence-corrected chi connectivity index (χ2v) is 14.7. The van der Waals surface area contributed by atoms with Crippen LogP contribution in [0.15, 0.2) is 36.9 Å². The van der Waals surface area contributed by atoms with Gasteiger partial charge >= 0.3 is 0 Å². The van der Waals surface area contributed by atoms with Crippen molar-refractivity contribution in [3.05, 3.63) is 47.6 Å². The van der Waals surface area contributed by atoms with Gasteiger partial charge in [0.1, 0.15) is 24.1 Å². The summed E-state index contributed by atoms with van der Waals surface area (Å²) >= 11 is 5.81. The van der Waals surface area contributed by atoms with Crippen molar-refractivity contribution >= 4 is 47.2 Å². The Labute approximate surface area is 318 Å². The number of aromatic nitrogens is 3. The summed E-state index contributed by atoms with van der Waals surface area (Å²) in [5.74, 6) is -1.72. The Morgan fingerprint density at radius 1 is 1.00 bits per heavy atom. The second-order valence-electron chi connectivity index (χ2n) is 14.3. The van der Waals surface area contributed by atoms with Crippen LogP contribution in [0.3, 0.4) is 0 Å². The number of nitrogens with zero attached hydrogens (tertiary/aromatic N) is 3. The summed E-state index contributed by atoms with van der Waals surface area (Å²) in [5.41, 5.74) is -0.276. The van der Waals surface area contributed by atoms with E-state index in [4.69, 9.17) is 16.3 Å². The van der Waals surface area contributed by atoms with Gasteiger partial charge < -0.3 is 30.8 Å². The summed E-state index contributed by atoms with van der Waals surface area (Å²) < 4.78 is 5.76. The fourth-order valence-corrected chi connectivity index (χ4v) is 5.07. The van der Waals surface area contributed by atoms with Crippen LogP contribution in [-0.4, -0.2) is 87.3 Å². The average molecular weight is 760 g/mol. The summed E-state index contributed by atoms with van der Waals surface area (Å²) in [6.07, 6.45) is 7.96. The Kier molecular flexibility index (Phi) is 20.6. The Hall–Kier alpha value is -4.30. The topological polar surface area (TPSA) is 198 Å². The van der Waals surface area contributed by atoms with E-state index in [0.29, 0.717) is 43.0 Å². The first-order chi connectivity index (χ1) is 25.0. The Bertz CT molecular complexity index is 1470. The summed E-state index contributed by atoms with van der Waals surface area (Å²) in [4.78, 5) is 84.7. The minimum atomic E-state index is -0.775. The van der Waals surface area contributed by atoms with E-state index < -0.39 is 53.0 Å². The number of nitrogens with one attached hydrogen (secondary N) is 4. The van der Waals surface area contributed by atoms with Crippen molar-refractivity contribution in [3.8, 4) is 5.88 Å². The molecule has 1 unspecified atom stereocenters. The van der Waals surface area contributed by atoms with E-state index in [0.717, 1.165) is 0 Å². The molecule has 53 heavy (non-hydrogen) atoms. The molecule has 0 saturated carbocycles. The van der Waals surface area contributed by atoms with Crippen molar-refractivity contribution in [1.29, 1.82) is 0 Å². The molecule has 15 heteroatoms. The van der Waals surface area contributed by atoms with Gasteiger partial charge in [-0.1, -0.05) is 87.3 Å². The average Bonchev–Trinajstić information content (AvgIpc) is 3.59. The highest BCUT2D eigenvalue weighted by atomic mass is 35.5. The van der Waals surface area contributed by atoms with Crippen LogP contribution in [0.4, 0.5) is 0 Å². The van der Waals surface area contributed by atoms with Crippen LogP contribution in [0.5, 0.6) is 5.88 Å². The van der Waals surface area contributed by atoms with E-state index in [-0.39, 0.29) is 36.0 Å². The smallest absolute Gasteiger partial charge is 0.272 e. The number of halogens is 1. The van der Waals surface area contributed by atoms with E-state index in [1.807, 2.05) is 69.2 Å². The quantitative estimate of drug-likeness (QED) is 0.141. The van der Waals surface area contributed by atoms with Gasteiger partial charge in [-0.15, -0.1) is 0 Å². The van der Waals surface area contributed by atoms with Crippen molar-refractivity contribution < 1.29 is 33.5 Å². The van der Waals surface area contributed by atoms with Crippen molar-refractivity contribution in [3.63, 3.8) is 0 Å². The number of carbonyl (C=O) groups excluding carboxylic acids is 6.